The second-order valence-corrected chi connectivity index (χ2v) is 6.00. The molecule has 0 amide bonds. The molecule has 3 heteroatoms. The van der Waals surface area contributed by atoms with Crippen molar-refractivity contribution in [1.29, 1.82) is 0 Å². The van der Waals surface area contributed by atoms with Crippen LogP contribution in [0.5, 0.6) is 5.75 Å². The fourth-order valence-electron chi connectivity index (χ4n) is 1.67. The minimum Gasteiger partial charge on any atom is -0.497 e. The Bertz CT molecular complexity index is 341. The zero-order valence-electron chi connectivity index (χ0n) is 11.1. The van der Waals surface area contributed by atoms with Gasteiger partial charge < -0.3 is 10.5 Å². The van der Waals surface area contributed by atoms with Crippen LogP contribution in [0.15, 0.2) is 24.3 Å². The predicted octanol–water partition coefficient (Wildman–Crippen LogP) is 3.62. The Hall–Kier alpha value is -0.670. The molecule has 0 spiro atoms. The van der Waals surface area contributed by atoms with E-state index in [1.165, 1.54) is 5.56 Å². The molecule has 96 valence electrons. The van der Waals surface area contributed by atoms with Crippen molar-refractivity contribution < 1.29 is 4.74 Å². The first-order valence-electron chi connectivity index (χ1n) is 6.13. The monoisotopic (exact) mass is 253 g/mol. The van der Waals surface area contributed by atoms with Crippen molar-refractivity contribution in [1.82, 2.24) is 0 Å². The zero-order chi connectivity index (χ0) is 12.8. The highest BCUT2D eigenvalue weighted by molar-refractivity contribution is 8.00. The smallest absolute Gasteiger partial charge is 0.119 e. The number of ether oxygens (including phenoxy) is 1. The largest absolute Gasteiger partial charge is 0.497 e. The Kier molecular flexibility index (Phi) is 5.86. The lowest BCUT2D eigenvalue weighted by atomic mass is 10.1. The fourth-order valence-corrected chi connectivity index (χ4v) is 2.92. The van der Waals surface area contributed by atoms with Gasteiger partial charge in [-0.3, -0.25) is 0 Å². The van der Waals surface area contributed by atoms with Crippen LogP contribution in [0.3, 0.4) is 0 Å². The molecule has 0 fully saturated rings. The summed E-state index contributed by atoms with van der Waals surface area (Å²) in [7, 11) is 1.70. The van der Waals surface area contributed by atoms with Crippen molar-refractivity contribution >= 4 is 11.8 Å². The Labute approximate surface area is 109 Å². The third-order valence-electron chi connectivity index (χ3n) is 2.85. The molecule has 0 saturated carbocycles. The lowest BCUT2D eigenvalue weighted by molar-refractivity contribution is 0.414. The first-order chi connectivity index (χ1) is 8.08. The summed E-state index contributed by atoms with van der Waals surface area (Å²) in [6.45, 7) is 6.53. The lowest BCUT2D eigenvalue weighted by Crippen LogP contribution is -2.24. The van der Waals surface area contributed by atoms with Crippen molar-refractivity contribution in [3.63, 3.8) is 0 Å². The molecule has 0 heterocycles. The highest BCUT2D eigenvalue weighted by Crippen LogP contribution is 2.36. The van der Waals surface area contributed by atoms with E-state index in [4.69, 9.17) is 10.5 Å². The van der Waals surface area contributed by atoms with Gasteiger partial charge in [0.2, 0.25) is 0 Å². The van der Waals surface area contributed by atoms with Crippen LogP contribution in [0, 0.1) is 0 Å². The van der Waals surface area contributed by atoms with Crippen LogP contribution in [0.25, 0.3) is 0 Å². The molecular formula is C14H23NOS. The Morgan fingerprint density at radius 2 is 2.06 bits per heavy atom. The standard InChI is InChI=1S/C14H23NOS/c1-5-10(2)17-14(11(3)15)12-7-6-8-13(9-12)16-4/h6-11,14H,5,15H2,1-4H3. The number of thioether (sulfide) groups is 1. The number of nitrogens with two attached hydrogens (primary N) is 1. The van der Waals surface area contributed by atoms with Crippen LogP contribution in [-0.4, -0.2) is 18.4 Å². The first-order valence-corrected chi connectivity index (χ1v) is 7.07. The molecule has 3 unspecified atom stereocenters. The topological polar surface area (TPSA) is 35.2 Å². The van der Waals surface area contributed by atoms with E-state index in [0.29, 0.717) is 10.5 Å². The van der Waals surface area contributed by atoms with Crippen LogP contribution in [0.4, 0.5) is 0 Å². The maximum absolute atomic E-state index is 6.10. The molecule has 0 aromatic heterocycles. The highest BCUT2D eigenvalue weighted by Gasteiger charge is 2.19. The van der Waals surface area contributed by atoms with E-state index in [0.717, 1.165) is 12.2 Å². The molecule has 1 aromatic rings. The quantitative estimate of drug-likeness (QED) is 0.841. The Morgan fingerprint density at radius 1 is 1.35 bits per heavy atom. The van der Waals surface area contributed by atoms with Crippen LogP contribution >= 0.6 is 11.8 Å². The minimum absolute atomic E-state index is 0.140. The molecular weight excluding hydrogens is 230 g/mol. The molecule has 2 nitrogen and oxygen atoms in total. The van der Waals surface area contributed by atoms with Gasteiger partial charge in [0.15, 0.2) is 0 Å². The van der Waals surface area contributed by atoms with Crippen LogP contribution in [0.2, 0.25) is 0 Å². The van der Waals surface area contributed by atoms with E-state index in [9.17, 15) is 0 Å². The summed E-state index contributed by atoms with van der Waals surface area (Å²) < 4.78 is 5.27. The van der Waals surface area contributed by atoms with Crippen molar-refractivity contribution in [2.24, 2.45) is 5.73 Å². The zero-order valence-corrected chi connectivity index (χ0v) is 12.0. The summed E-state index contributed by atoms with van der Waals surface area (Å²) in [5.74, 6) is 0.901. The van der Waals surface area contributed by atoms with Gasteiger partial charge in [0.05, 0.1) is 7.11 Å². The number of hydrogen-bond donors (Lipinski definition) is 1. The second-order valence-electron chi connectivity index (χ2n) is 4.41. The van der Waals surface area contributed by atoms with Crippen molar-refractivity contribution in [3.05, 3.63) is 29.8 Å². The van der Waals surface area contributed by atoms with Gasteiger partial charge in [-0.25, -0.2) is 0 Å². The molecule has 0 aliphatic carbocycles. The maximum atomic E-state index is 6.10. The van der Waals surface area contributed by atoms with Gasteiger partial charge in [-0.05, 0) is 31.0 Å². The van der Waals surface area contributed by atoms with E-state index < -0.39 is 0 Å². The highest BCUT2D eigenvalue weighted by atomic mass is 32.2. The number of rotatable bonds is 6. The molecule has 17 heavy (non-hydrogen) atoms. The molecule has 0 aliphatic rings. The summed E-state index contributed by atoms with van der Waals surface area (Å²) in [5, 5.41) is 0.956. The Balaban J connectivity index is 2.88. The average Bonchev–Trinajstić information content (AvgIpc) is 2.35. The van der Waals surface area contributed by atoms with E-state index in [2.05, 4.69) is 32.9 Å². The molecule has 1 rings (SSSR count). The van der Waals surface area contributed by atoms with E-state index >= 15 is 0 Å². The summed E-state index contributed by atoms with van der Waals surface area (Å²) >= 11 is 1.94. The first kappa shape index (κ1) is 14.4. The molecule has 3 atom stereocenters. The summed E-state index contributed by atoms with van der Waals surface area (Å²) in [6.07, 6.45) is 1.16. The maximum Gasteiger partial charge on any atom is 0.119 e. The predicted molar refractivity (Wildman–Crippen MR) is 76.7 cm³/mol. The van der Waals surface area contributed by atoms with Crippen molar-refractivity contribution in [2.45, 2.75) is 43.7 Å². The number of methoxy groups -OCH3 is 1. The molecule has 0 radical (unpaired) electrons. The van der Waals surface area contributed by atoms with Gasteiger partial charge in [-0.15, -0.1) is 11.8 Å². The molecule has 0 aliphatic heterocycles. The SMILES string of the molecule is CCC(C)SC(c1cccc(OC)c1)C(C)N. The molecule has 0 bridgehead atoms. The minimum atomic E-state index is 0.140. The van der Waals surface area contributed by atoms with E-state index in [-0.39, 0.29) is 6.04 Å². The summed E-state index contributed by atoms with van der Waals surface area (Å²) in [6, 6.07) is 8.35. The normalized spacial score (nSPS) is 16.3. The number of benzene rings is 1. The molecule has 2 N–H and O–H groups in total. The van der Waals surface area contributed by atoms with Crippen LogP contribution in [0.1, 0.15) is 38.0 Å². The molecule has 0 saturated heterocycles. The van der Waals surface area contributed by atoms with Crippen molar-refractivity contribution in [2.75, 3.05) is 7.11 Å². The average molecular weight is 253 g/mol. The fraction of sp³-hybridized carbons (Fsp3) is 0.571. The van der Waals surface area contributed by atoms with Gasteiger partial charge in [0.25, 0.3) is 0 Å². The van der Waals surface area contributed by atoms with E-state index in [1.54, 1.807) is 7.11 Å². The lowest BCUT2D eigenvalue weighted by Gasteiger charge is -2.24. The summed E-state index contributed by atoms with van der Waals surface area (Å²) in [4.78, 5) is 0. The van der Waals surface area contributed by atoms with Gasteiger partial charge >= 0.3 is 0 Å². The number of hydrogen-bond acceptors (Lipinski definition) is 3. The van der Waals surface area contributed by atoms with Crippen molar-refractivity contribution in [3.8, 4) is 5.75 Å². The third-order valence-corrected chi connectivity index (χ3v) is 4.65. The summed E-state index contributed by atoms with van der Waals surface area (Å²) in [5.41, 5.74) is 7.36. The Morgan fingerprint density at radius 3 is 2.59 bits per heavy atom. The third kappa shape index (κ3) is 4.25. The second kappa shape index (κ2) is 6.92. The van der Waals surface area contributed by atoms with Crippen LogP contribution in [-0.2, 0) is 0 Å². The molecule has 1 aromatic carbocycles. The van der Waals surface area contributed by atoms with Gasteiger partial charge in [-0.2, -0.15) is 0 Å². The van der Waals surface area contributed by atoms with Crippen LogP contribution < -0.4 is 10.5 Å². The van der Waals surface area contributed by atoms with Gasteiger partial charge in [0.1, 0.15) is 5.75 Å². The van der Waals surface area contributed by atoms with Gasteiger partial charge in [0, 0.05) is 16.5 Å². The van der Waals surface area contributed by atoms with E-state index in [1.807, 2.05) is 23.9 Å². The van der Waals surface area contributed by atoms with Gasteiger partial charge in [-0.1, -0.05) is 26.0 Å².